The van der Waals surface area contributed by atoms with Crippen LogP contribution in [0.3, 0.4) is 0 Å². The maximum atomic E-state index is 13.6. The Kier molecular flexibility index (Phi) is 5.53. The van der Waals surface area contributed by atoms with Gasteiger partial charge in [0.15, 0.2) is 5.96 Å². The van der Waals surface area contributed by atoms with Gasteiger partial charge in [0.05, 0.1) is 0 Å². The summed E-state index contributed by atoms with van der Waals surface area (Å²) in [6.07, 6.45) is 5.26. The molecule has 0 aromatic heterocycles. The van der Waals surface area contributed by atoms with E-state index in [1.165, 1.54) is 31.0 Å². The lowest BCUT2D eigenvalue weighted by molar-refractivity contribution is 0.553. The van der Waals surface area contributed by atoms with Gasteiger partial charge in [-0.2, -0.15) is 0 Å². The number of rotatable bonds is 7. The molecule has 0 amide bonds. The highest BCUT2D eigenvalue weighted by molar-refractivity contribution is 5.78. The van der Waals surface area contributed by atoms with Crippen LogP contribution >= 0.6 is 0 Å². The van der Waals surface area contributed by atoms with Crippen molar-refractivity contribution in [3.05, 3.63) is 35.4 Å². The van der Waals surface area contributed by atoms with E-state index in [4.69, 9.17) is 5.73 Å². The fraction of sp³-hybridized carbons (Fsp3) is 0.562. The van der Waals surface area contributed by atoms with Crippen molar-refractivity contribution in [1.29, 1.82) is 0 Å². The SMILES string of the molecule is CCCCCCN=C(N)NC1CC1c1c(F)cccc1F. The van der Waals surface area contributed by atoms with Crippen LogP contribution < -0.4 is 11.1 Å². The lowest BCUT2D eigenvalue weighted by Gasteiger charge is -2.07. The molecule has 0 saturated heterocycles. The number of hydrogen-bond acceptors (Lipinski definition) is 1. The molecule has 1 fully saturated rings. The molecule has 1 aliphatic carbocycles. The van der Waals surface area contributed by atoms with E-state index >= 15 is 0 Å². The average molecular weight is 295 g/mol. The van der Waals surface area contributed by atoms with Gasteiger partial charge < -0.3 is 11.1 Å². The third kappa shape index (κ3) is 4.41. The van der Waals surface area contributed by atoms with Crippen LogP contribution in [0.5, 0.6) is 0 Å². The molecule has 3 N–H and O–H groups in total. The number of nitrogens with one attached hydrogen (secondary N) is 1. The van der Waals surface area contributed by atoms with Crippen molar-refractivity contribution >= 4 is 5.96 Å². The predicted molar refractivity (Wildman–Crippen MR) is 81.3 cm³/mol. The zero-order valence-electron chi connectivity index (χ0n) is 12.4. The Morgan fingerprint density at radius 2 is 2.00 bits per heavy atom. The van der Waals surface area contributed by atoms with Gasteiger partial charge in [-0.15, -0.1) is 0 Å². The minimum atomic E-state index is -0.487. The molecule has 0 aliphatic heterocycles. The molecule has 116 valence electrons. The minimum Gasteiger partial charge on any atom is -0.370 e. The second-order valence-electron chi connectivity index (χ2n) is 5.56. The standard InChI is InChI=1S/C16H23F2N3/c1-2-3-4-5-9-20-16(19)21-14-10-11(14)15-12(17)7-6-8-13(15)18/h6-8,11,14H,2-5,9-10H2,1H3,(H3,19,20,21). The van der Waals surface area contributed by atoms with Gasteiger partial charge in [-0.05, 0) is 25.0 Å². The van der Waals surface area contributed by atoms with Crippen LogP contribution in [0, 0.1) is 11.6 Å². The van der Waals surface area contributed by atoms with Crippen LogP contribution in [-0.4, -0.2) is 18.5 Å². The molecule has 0 radical (unpaired) electrons. The molecule has 0 bridgehead atoms. The lowest BCUT2D eigenvalue weighted by atomic mass is 10.1. The first kappa shape index (κ1) is 15.7. The summed E-state index contributed by atoms with van der Waals surface area (Å²) < 4.78 is 27.3. The number of halogens is 2. The van der Waals surface area contributed by atoms with E-state index in [1.54, 1.807) is 0 Å². The minimum absolute atomic E-state index is 0.0178. The normalized spacial score (nSPS) is 21.4. The quantitative estimate of drug-likeness (QED) is 0.460. The fourth-order valence-corrected chi connectivity index (χ4v) is 2.51. The molecule has 21 heavy (non-hydrogen) atoms. The Hall–Kier alpha value is -1.65. The van der Waals surface area contributed by atoms with E-state index in [9.17, 15) is 8.78 Å². The van der Waals surface area contributed by atoms with Gasteiger partial charge >= 0.3 is 0 Å². The monoisotopic (exact) mass is 295 g/mol. The van der Waals surface area contributed by atoms with Crippen LogP contribution in [0.2, 0.25) is 0 Å². The topological polar surface area (TPSA) is 50.4 Å². The average Bonchev–Trinajstić information content (AvgIpc) is 3.17. The molecule has 1 aromatic carbocycles. The highest BCUT2D eigenvalue weighted by Crippen LogP contribution is 2.42. The number of aliphatic imine (C=N–C) groups is 1. The van der Waals surface area contributed by atoms with Crippen LogP contribution in [0.25, 0.3) is 0 Å². The molecule has 1 saturated carbocycles. The fourth-order valence-electron chi connectivity index (χ4n) is 2.51. The van der Waals surface area contributed by atoms with Crippen molar-refractivity contribution in [2.24, 2.45) is 10.7 Å². The summed E-state index contributed by atoms with van der Waals surface area (Å²) in [5.74, 6) is -0.755. The van der Waals surface area contributed by atoms with Gasteiger partial charge in [0.1, 0.15) is 11.6 Å². The van der Waals surface area contributed by atoms with Gasteiger partial charge in [-0.1, -0.05) is 32.3 Å². The van der Waals surface area contributed by atoms with Crippen LogP contribution in [-0.2, 0) is 0 Å². The second-order valence-corrected chi connectivity index (χ2v) is 5.56. The lowest BCUT2D eigenvalue weighted by Crippen LogP contribution is -2.34. The summed E-state index contributed by atoms with van der Waals surface area (Å²) in [7, 11) is 0. The molecule has 0 heterocycles. The Balaban J connectivity index is 1.80. The van der Waals surface area contributed by atoms with E-state index in [0.717, 1.165) is 12.8 Å². The number of nitrogens with two attached hydrogens (primary N) is 1. The van der Waals surface area contributed by atoms with Gasteiger partial charge in [-0.3, -0.25) is 4.99 Å². The zero-order valence-corrected chi connectivity index (χ0v) is 12.4. The van der Waals surface area contributed by atoms with Gasteiger partial charge in [0, 0.05) is 24.1 Å². The van der Waals surface area contributed by atoms with E-state index in [0.29, 0.717) is 18.9 Å². The van der Waals surface area contributed by atoms with Crippen molar-refractivity contribution in [2.45, 2.75) is 51.0 Å². The number of guanidine groups is 1. The smallest absolute Gasteiger partial charge is 0.188 e. The van der Waals surface area contributed by atoms with Crippen molar-refractivity contribution in [3.8, 4) is 0 Å². The summed E-state index contributed by atoms with van der Waals surface area (Å²) in [6.45, 7) is 2.86. The molecule has 5 heteroatoms. The summed E-state index contributed by atoms with van der Waals surface area (Å²) in [4.78, 5) is 4.24. The summed E-state index contributed by atoms with van der Waals surface area (Å²) in [5, 5.41) is 3.04. The summed E-state index contributed by atoms with van der Waals surface area (Å²) in [6, 6.07) is 3.94. The Morgan fingerprint density at radius 3 is 2.67 bits per heavy atom. The molecule has 1 aromatic rings. The van der Waals surface area contributed by atoms with E-state index in [-0.39, 0.29) is 17.5 Å². The van der Waals surface area contributed by atoms with Gasteiger partial charge in [0.25, 0.3) is 0 Å². The predicted octanol–water partition coefficient (Wildman–Crippen LogP) is 3.31. The third-order valence-electron chi connectivity index (χ3n) is 3.79. The second kappa shape index (κ2) is 7.38. The Morgan fingerprint density at radius 1 is 1.29 bits per heavy atom. The summed E-state index contributed by atoms with van der Waals surface area (Å²) >= 11 is 0. The van der Waals surface area contributed by atoms with Crippen molar-refractivity contribution in [1.82, 2.24) is 5.32 Å². The van der Waals surface area contributed by atoms with E-state index < -0.39 is 11.6 Å². The van der Waals surface area contributed by atoms with E-state index in [1.807, 2.05) is 0 Å². The largest absolute Gasteiger partial charge is 0.370 e. The number of nitrogens with zero attached hydrogens (tertiary/aromatic N) is 1. The highest BCUT2D eigenvalue weighted by atomic mass is 19.1. The first-order chi connectivity index (χ1) is 10.1. The number of hydrogen-bond donors (Lipinski definition) is 2. The van der Waals surface area contributed by atoms with Gasteiger partial charge in [-0.25, -0.2) is 8.78 Å². The first-order valence-corrected chi connectivity index (χ1v) is 7.63. The molecular formula is C16H23F2N3. The van der Waals surface area contributed by atoms with Crippen molar-refractivity contribution in [2.75, 3.05) is 6.54 Å². The molecule has 1 aliphatic rings. The molecule has 2 unspecified atom stereocenters. The highest BCUT2D eigenvalue weighted by Gasteiger charge is 2.42. The molecule has 2 atom stereocenters. The molecule has 3 nitrogen and oxygen atoms in total. The Bertz CT molecular complexity index is 482. The zero-order chi connectivity index (χ0) is 15.2. The molecule has 0 spiro atoms. The van der Waals surface area contributed by atoms with Gasteiger partial charge in [0.2, 0.25) is 0 Å². The first-order valence-electron chi connectivity index (χ1n) is 7.63. The number of benzene rings is 1. The third-order valence-corrected chi connectivity index (χ3v) is 3.79. The van der Waals surface area contributed by atoms with Crippen molar-refractivity contribution < 1.29 is 8.78 Å². The van der Waals surface area contributed by atoms with E-state index in [2.05, 4.69) is 17.2 Å². The van der Waals surface area contributed by atoms with Crippen molar-refractivity contribution in [3.63, 3.8) is 0 Å². The molecular weight excluding hydrogens is 272 g/mol. The van der Waals surface area contributed by atoms with Crippen LogP contribution in [0.1, 0.15) is 50.5 Å². The van der Waals surface area contributed by atoms with Crippen LogP contribution in [0.15, 0.2) is 23.2 Å². The number of unbranched alkanes of at least 4 members (excludes halogenated alkanes) is 3. The Labute approximate surface area is 124 Å². The molecule has 2 rings (SSSR count). The van der Waals surface area contributed by atoms with Crippen LogP contribution in [0.4, 0.5) is 8.78 Å². The maximum Gasteiger partial charge on any atom is 0.188 e. The maximum absolute atomic E-state index is 13.6. The summed E-state index contributed by atoms with van der Waals surface area (Å²) in [5.41, 5.74) is 5.96.